The predicted octanol–water partition coefficient (Wildman–Crippen LogP) is 2.73. The van der Waals surface area contributed by atoms with Crippen LogP contribution in [0.1, 0.15) is 48.2 Å². The first-order chi connectivity index (χ1) is 13.4. The van der Waals surface area contributed by atoms with Crippen LogP contribution in [0.4, 0.5) is 4.79 Å². The lowest BCUT2D eigenvalue weighted by molar-refractivity contribution is -0.134. The van der Waals surface area contributed by atoms with Crippen LogP contribution in [0, 0.1) is 6.92 Å². The fourth-order valence-corrected chi connectivity index (χ4v) is 4.06. The maximum atomic E-state index is 12.8. The number of benzene rings is 1. The van der Waals surface area contributed by atoms with Crippen LogP contribution < -0.4 is 10.7 Å². The number of halogens is 1. The minimum absolute atomic E-state index is 0.269. The van der Waals surface area contributed by atoms with Gasteiger partial charge < -0.3 is 5.32 Å². The van der Waals surface area contributed by atoms with Crippen LogP contribution in [-0.4, -0.2) is 38.2 Å². The van der Waals surface area contributed by atoms with Crippen molar-refractivity contribution in [2.75, 3.05) is 0 Å². The van der Waals surface area contributed by atoms with E-state index < -0.39 is 23.4 Å². The molecule has 2 heterocycles. The summed E-state index contributed by atoms with van der Waals surface area (Å²) in [5.41, 5.74) is 3.10. The monoisotopic (exact) mass is 401 g/mol. The SMILES string of the molecule is Cc1c(C(=O)NN2C(=O)NC3(CCCCC3)C2=O)cnn1-c1cccc(Cl)c1. The zero-order chi connectivity index (χ0) is 19.9. The molecule has 4 rings (SSSR count). The highest BCUT2D eigenvalue weighted by Gasteiger charge is 2.52. The predicted molar refractivity (Wildman–Crippen MR) is 102 cm³/mol. The molecular weight excluding hydrogens is 382 g/mol. The number of aromatic nitrogens is 2. The number of imide groups is 1. The number of hydrogen-bond acceptors (Lipinski definition) is 4. The lowest BCUT2D eigenvalue weighted by Crippen LogP contribution is -2.51. The van der Waals surface area contributed by atoms with E-state index in [2.05, 4.69) is 15.8 Å². The molecule has 0 unspecified atom stereocenters. The van der Waals surface area contributed by atoms with E-state index in [1.807, 2.05) is 6.07 Å². The first-order valence-electron chi connectivity index (χ1n) is 9.19. The van der Waals surface area contributed by atoms with E-state index in [9.17, 15) is 14.4 Å². The van der Waals surface area contributed by atoms with Gasteiger partial charge >= 0.3 is 6.03 Å². The molecule has 0 atom stereocenters. The first-order valence-corrected chi connectivity index (χ1v) is 9.57. The van der Waals surface area contributed by atoms with Gasteiger partial charge in [0.2, 0.25) is 0 Å². The number of nitrogens with zero attached hydrogens (tertiary/aromatic N) is 3. The van der Waals surface area contributed by atoms with E-state index in [1.165, 1.54) is 6.20 Å². The Labute approximate surface area is 166 Å². The van der Waals surface area contributed by atoms with Crippen molar-refractivity contribution in [3.63, 3.8) is 0 Å². The Bertz CT molecular complexity index is 964. The Balaban J connectivity index is 1.55. The van der Waals surface area contributed by atoms with Gasteiger partial charge in [-0.15, -0.1) is 0 Å². The molecule has 4 amide bonds. The number of hydrazine groups is 1. The molecule has 1 saturated heterocycles. The van der Waals surface area contributed by atoms with Gasteiger partial charge in [-0.2, -0.15) is 10.1 Å². The smallest absolute Gasteiger partial charge is 0.322 e. The second-order valence-electron chi connectivity index (χ2n) is 7.19. The third kappa shape index (κ3) is 3.03. The molecule has 28 heavy (non-hydrogen) atoms. The summed E-state index contributed by atoms with van der Waals surface area (Å²) in [6.07, 6.45) is 5.38. The van der Waals surface area contributed by atoms with Gasteiger partial charge in [0.05, 0.1) is 23.1 Å². The molecule has 1 saturated carbocycles. The minimum atomic E-state index is -0.886. The van der Waals surface area contributed by atoms with Gasteiger partial charge in [-0.25, -0.2) is 9.48 Å². The number of hydrogen-bond donors (Lipinski definition) is 2. The number of rotatable bonds is 3. The molecule has 2 fully saturated rings. The van der Waals surface area contributed by atoms with E-state index in [0.29, 0.717) is 29.2 Å². The summed E-state index contributed by atoms with van der Waals surface area (Å²) >= 11 is 6.02. The van der Waals surface area contributed by atoms with Crippen LogP contribution >= 0.6 is 11.6 Å². The van der Waals surface area contributed by atoms with Crippen LogP contribution in [-0.2, 0) is 4.79 Å². The van der Waals surface area contributed by atoms with Crippen molar-refractivity contribution in [2.24, 2.45) is 0 Å². The highest BCUT2D eigenvalue weighted by molar-refractivity contribution is 6.30. The molecule has 9 heteroatoms. The lowest BCUT2D eigenvalue weighted by Gasteiger charge is -2.30. The molecule has 146 valence electrons. The molecule has 8 nitrogen and oxygen atoms in total. The summed E-state index contributed by atoms with van der Waals surface area (Å²) in [5.74, 6) is -0.965. The molecule has 1 aromatic carbocycles. The van der Waals surface area contributed by atoms with Crippen molar-refractivity contribution in [2.45, 2.75) is 44.6 Å². The number of urea groups is 1. The van der Waals surface area contributed by atoms with Gasteiger partial charge in [-0.1, -0.05) is 36.9 Å². The Morgan fingerprint density at radius 2 is 2.00 bits per heavy atom. The molecule has 1 aliphatic carbocycles. The number of carbonyl (C=O) groups excluding carboxylic acids is 3. The molecular formula is C19H20ClN5O3. The van der Waals surface area contributed by atoms with Crippen molar-refractivity contribution in [1.82, 2.24) is 25.5 Å². The maximum absolute atomic E-state index is 12.8. The molecule has 1 aliphatic heterocycles. The summed E-state index contributed by atoms with van der Waals surface area (Å²) in [5, 5.41) is 8.35. The van der Waals surface area contributed by atoms with E-state index >= 15 is 0 Å². The van der Waals surface area contributed by atoms with Crippen molar-refractivity contribution in [3.05, 3.63) is 46.7 Å². The zero-order valence-electron chi connectivity index (χ0n) is 15.4. The minimum Gasteiger partial charge on any atom is -0.322 e. The Morgan fingerprint density at radius 3 is 2.71 bits per heavy atom. The van der Waals surface area contributed by atoms with Gasteiger partial charge in [-0.3, -0.25) is 15.0 Å². The third-order valence-electron chi connectivity index (χ3n) is 5.39. The number of carbonyl (C=O) groups is 3. The Kier molecular flexibility index (Phi) is 4.58. The summed E-state index contributed by atoms with van der Waals surface area (Å²) < 4.78 is 1.58. The van der Waals surface area contributed by atoms with Crippen molar-refractivity contribution < 1.29 is 14.4 Å². The second-order valence-corrected chi connectivity index (χ2v) is 7.63. The topological polar surface area (TPSA) is 96.3 Å². The second kappa shape index (κ2) is 6.94. The van der Waals surface area contributed by atoms with Crippen LogP contribution in [0.2, 0.25) is 5.02 Å². The average molecular weight is 402 g/mol. The summed E-state index contributed by atoms with van der Waals surface area (Å²) in [6.45, 7) is 1.73. The van der Waals surface area contributed by atoms with Gasteiger partial charge in [0.15, 0.2) is 0 Å². The van der Waals surface area contributed by atoms with E-state index in [-0.39, 0.29) is 5.56 Å². The normalized spacial score (nSPS) is 18.4. The molecule has 2 N–H and O–H groups in total. The zero-order valence-corrected chi connectivity index (χ0v) is 16.1. The molecule has 2 aromatic rings. The van der Waals surface area contributed by atoms with Crippen LogP contribution in [0.25, 0.3) is 5.69 Å². The largest absolute Gasteiger partial charge is 0.344 e. The highest BCUT2D eigenvalue weighted by atomic mass is 35.5. The Morgan fingerprint density at radius 1 is 1.25 bits per heavy atom. The highest BCUT2D eigenvalue weighted by Crippen LogP contribution is 2.33. The van der Waals surface area contributed by atoms with Crippen molar-refractivity contribution in [1.29, 1.82) is 0 Å². The fraction of sp³-hybridized carbons (Fsp3) is 0.368. The van der Waals surface area contributed by atoms with Gasteiger partial charge in [-0.05, 0) is 38.0 Å². The van der Waals surface area contributed by atoms with Gasteiger partial charge in [0.25, 0.3) is 11.8 Å². The number of nitrogens with one attached hydrogen (secondary N) is 2. The van der Waals surface area contributed by atoms with Crippen LogP contribution in [0.15, 0.2) is 30.5 Å². The van der Waals surface area contributed by atoms with Gasteiger partial charge in [0, 0.05) is 5.02 Å². The van der Waals surface area contributed by atoms with Crippen molar-refractivity contribution >= 4 is 29.4 Å². The quantitative estimate of drug-likeness (QED) is 0.773. The van der Waals surface area contributed by atoms with Gasteiger partial charge in [0.1, 0.15) is 5.54 Å². The van der Waals surface area contributed by atoms with Crippen LogP contribution in [0.3, 0.4) is 0 Å². The van der Waals surface area contributed by atoms with Crippen molar-refractivity contribution in [3.8, 4) is 5.69 Å². The van der Waals surface area contributed by atoms with E-state index in [4.69, 9.17) is 11.6 Å². The summed E-state index contributed by atoms with van der Waals surface area (Å²) in [6, 6.07) is 6.48. The standard InChI is InChI=1S/C19H20ClN5O3/c1-12-15(11-21-24(12)14-7-5-6-13(20)10-14)16(26)23-25-17(27)19(22-18(25)28)8-3-2-4-9-19/h5-7,10-11H,2-4,8-9H2,1H3,(H,22,28)(H,23,26). The molecule has 0 bridgehead atoms. The maximum Gasteiger partial charge on any atom is 0.344 e. The average Bonchev–Trinajstić information content (AvgIpc) is 3.16. The molecule has 0 radical (unpaired) electrons. The molecule has 1 aromatic heterocycles. The lowest BCUT2D eigenvalue weighted by atomic mass is 9.82. The van der Waals surface area contributed by atoms with E-state index in [0.717, 1.165) is 24.3 Å². The third-order valence-corrected chi connectivity index (χ3v) is 5.62. The number of amides is 4. The fourth-order valence-electron chi connectivity index (χ4n) is 3.88. The first kappa shape index (κ1) is 18.5. The van der Waals surface area contributed by atoms with E-state index in [1.54, 1.807) is 29.8 Å². The summed E-state index contributed by atoms with van der Waals surface area (Å²) in [4.78, 5) is 37.8. The van der Waals surface area contributed by atoms with Crippen LogP contribution in [0.5, 0.6) is 0 Å². The summed E-state index contributed by atoms with van der Waals surface area (Å²) in [7, 11) is 0. The molecule has 1 spiro atoms. The molecule has 2 aliphatic rings. The Hall–Kier alpha value is -2.87.